The molecular formula is C12H19N3O2S. The Bertz CT molecular complexity index is 431. The minimum atomic E-state index is -0.829. The molecule has 18 heavy (non-hydrogen) atoms. The van der Waals surface area contributed by atoms with Crippen LogP contribution in [0.2, 0.25) is 0 Å². The van der Waals surface area contributed by atoms with Gasteiger partial charge in [0.2, 0.25) is 0 Å². The van der Waals surface area contributed by atoms with Gasteiger partial charge in [0.15, 0.2) is 5.13 Å². The van der Waals surface area contributed by atoms with Gasteiger partial charge in [0.25, 0.3) is 0 Å². The summed E-state index contributed by atoms with van der Waals surface area (Å²) < 4.78 is 0. The fourth-order valence-electron chi connectivity index (χ4n) is 1.84. The number of hydrogen-bond donors (Lipinski definition) is 1. The van der Waals surface area contributed by atoms with Gasteiger partial charge in [-0.25, -0.2) is 9.78 Å². The smallest absolute Gasteiger partial charge is 0.407 e. The molecule has 100 valence electrons. The molecule has 1 aromatic rings. The lowest BCUT2D eigenvalue weighted by atomic mass is 9.93. The highest BCUT2D eigenvalue weighted by molar-refractivity contribution is 7.13. The summed E-state index contributed by atoms with van der Waals surface area (Å²) in [5.74, 6) is 0. The fraction of sp³-hybridized carbons (Fsp3) is 0.667. The van der Waals surface area contributed by atoms with Gasteiger partial charge in [0.1, 0.15) is 0 Å². The first-order valence-corrected chi connectivity index (χ1v) is 6.95. The van der Waals surface area contributed by atoms with Crippen molar-refractivity contribution in [3.63, 3.8) is 0 Å². The van der Waals surface area contributed by atoms with Crippen LogP contribution in [0.3, 0.4) is 0 Å². The van der Waals surface area contributed by atoms with Crippen molar-refractivity contribution in [3.05, 3.63) is 11.1 Å². The van der Waals surface area contributed by atoms with E-state index >= 15 is 0 Å². The minimum absolute atomic E-state index is 0.0671. The first kappa shape index (κ1) is 13.1. The van der Waals surface area contributed by atoms with Crippen LogP contribution in [0.25, 0.3) is 0 Å². The molecule has 1 aromatic heterocycles. The zero-order valence-corrected chi connectivity index (χ0v) is 11.8. The van der Waals surface area contributed by atoms with E-state index in [0.717, 1.165) is 23.9 Å². The average Bonchev–Trinajstić information content (AvgIpc) is 2.78. The van der Waals surface area contributed by atoms with Crippen molar-refractivity contribution < 1.29 is 9.90 Å². The zero-order chi connectivity index (χ0) is 13.3. The first-order valence-electron chi connectivity index (χ1n) is 6.07. The summed E-state index contributed by atoms with van der Waals surface area (Å²) in [6, 6.07) is 0. The number of carboxylic acid groups (broad SMARTS) is 1. The maximum Gasteiger partial charge on any atom is 0.407 e. The third-order valence-corrected chi connectivity index (χ3v) is 3.98. The van der Waals surface area contributed by atoms with Crippen molar-refractivity contribution in [3.8, 4) is 0 Å². The van der Waals surface area contributed by atoms with Crippen molar-refractivity contribution in [1.82, 2.24) is 9.88 Å². The van der Waals surface area contributed by atoms with E-state index in [-0.39, 0.29) is 5.41 Å². The summed E-state index contributed by atoms with van der Waals surface area (Å²) in [5, 5.41) is 12.0. The molecule has 0 radical (unpaired) electrons. The predicted molar refractivity (Wildman–Crippen MR) is 72.6 cm³/mol. The van der Waals surface area contributed by atoms with Crippen LogP contribution in [0.1, 0.15) is 26.5 Å². The van der Waals surface area contributed by atoms with Gasteiger partial charge in [0, 0.05) is 37.0 Å². The van der Waals surface area contributed by atoms with Crippen molar-refractivity contribution in [2.24, 2.45) is 0 Å². The predicted octanol–water partition coefficient (Wildman–Crippen LogP) is 2.24. The summed E-state index contributed by atoms with van der Waals surface area (Å²) in [6.07, 6.45) is -0.829. The van der Waals surface area contributed by atoms with E-state index in [1.165, 1.54) is 4.90 Å². The molecule has 1 aliphatic rings. The number of carbonyl (C=O) groups is 1. The first-order chi connectivity index (χ1) is 8.38. The van der Waals surface area contributed by atoms with E-state index in [1.54, 1.807) is 11.3 Å². The van der Waals surface area contributed by atoms with Crippen LogP contribution in [-0.2, 0) is 5.41 Å². The van der Waals surface area contributed by atoms with Crippen LogP contribution in [0.5, 0.6) is 0 Å². The second-order valence-corrected chi connectivity index (χ2v) is 6.36. The molecule has 1 amide bonds. The highest BCUT2D eigenvalue weighted by Gasteiger charge is 2.24. The number of nitrogens with zero attached hydrogens (tertiary/aromatic N) is 3. The van der Waals surface area contributed by atoms with Crippen LogP contribution >= 0.6 is 11.3 Å². The van der Waals surface area contributed by atoms with E-state index in [0.29, 0.717) is 13.1 Å². The molecular weight excluding hydrogens is 250 g/mol. The van der Waals surface area contributed by atoms with Crippen molar-refractivity contribution in [2.45, 2.75) is 26.2 Å². The molecule has 0 spiro atoms. The van der Waals surface area contributed by atoms with Gasteiger partial charge in [-0.15, -0.1) is 11.3 Å². The standard InChI is InChI=1S/C12H19N3O2S/c1-12(2,3)9-8-18-10(13-9)14-4-6-15(7-5-14)11(16)17/h8H,4-7H2,1-3H3,(H,16,17). The molecule has 1 saturated heterocycles. The second-order valence-electron chi connectivity index (χ2n) is 5.52. The number of rotatable bonds is 1. The molecule has 1 aliphatic heterocycles. The largest absolute Gasteiger partial charge is 0.465 e. The topological polar surface area (TPSA) is 56.7 Å². The number of anilines is 1. The lowest BCUT2D eigenvalue weighted by Gasteiger charge is -2.32. The zero-order valence-electron chi connectivity index (χ0n) is 11.0. The van der Waals surface area contributed by atoms with E-state index in [1.807, 2.05) is 0 Å². The lowest BCUT2D eigenvalue weighted by Crippen LogP contribution is -2.48. The number of piperazine rings is 1. The fourth-order valence-corrected chi connectivity index (χ4v) is 2.95. The van der Waals surface area contributed by atoms with E-state index in [2.05, 4.69) is 36.0 Å². The number of hydrogen-bond acceptors (Lipinski definition) is 4. The Kier molecular flexibility index (Phi) is 3.47. The highest BCUT2D eigenvalue weighted by Crippen LogP contribution is 2.28. The Morgan fingerprint density at radius 3 is 2.39 bits per heavy atom. The molecule has 0 unspecified atom stereocenters. The normalized spacial score (nSPS) is 17.1. The van der Waals surface area contributed by atoms with Gasteiger partial charge in [-0.05, 0) is 0 Å². The molecule has 6 heteroatoms. The van der Waals surface area contributed by atoms with Gasteiger partial charge in [-0.2, -0.15) is 0 Å². The Labute approximate surface area is 111 Å². The molecule has 5 nitrogen and oxygen atoms in total. The summed E-state index contributed by atoms with van der Waals surface area (Å²) in [4.78, 5) is 19.1. The summed E-state index contributed by atoms with van der Waals surface area (Å²) in [6.45, 7) is 9.00. The van der Waals surface area contributed by atoms with Crippen molar-refractivity contribution in [2.75, 3.05) is 31.1 Å². The Morgan fingerprint density at radius 2 is 1.94 bits per heavy atom. The maximum absolute atomic E-state index is 10.8. The second kappa shape index (κ2) is 4.76. The van der Waals surface area contributed by atoms with Gasteiger partial charge in [0.05, 0.1) is 5.69 Å². The molecule has 2 rings (SSSR count). The van der Waals surface area contributed by atoms with E-state index < -0.39 is 6.09 Å². The molecule has 0 aliphatic carbocycles. The quantitative estimate of drug-likeness (QED) is 0.849. The Hall–Kier alpha value is -1.30. The third-order valence-electron chi connectivity index (χ3n) is 3.08. The van der Waals surface area contributed by atoms with E-state index in [4.69, 9.17) is 5.11 Å². The van der Waals surface area contributed by atoms with E-state index in [9.17, 15) is 4.79 Å². The van der Waals surface area contributed by atoms with Crippen LogP contribution in [0.15, 0.2) is 5.38 Å². The number of amides is 1. The number of thiazole rings is 1. The van der Waals surface area contributed by atoms with Gasteiger partial charge < -0.3 is 14.9 Å². The summed E-state index contributed by atoms with van der Waals surface area (Å²) >= 11 is 1.64. The molecule has 0 aromatic carbocycles. The van der Waals surface area contributed by atoms with Crippen LogP contribution < -0.4 is 4.90 Å². The third kappa shape index (κ3) is 2.75. The van der Waals surface area contributed by atoms with Crippen molar-refractivity contribution in [1.29, 1.82) is 0 Å². The summed E-state index contributed by atoms with van der Waals surface area (Å²) in [5.41, 5.74) is 1.17. The monoisotopic (exact) mass is 269 g/mol. The molecule has 2 heterocycles. The molecule has 0 saturated carbocycles. The molecule has 0 bridgehead atoms. The van der Waals surface area contributed by atoms with Crippen LogP contribution in [0.4, 0.5) is 9.93 Å². The lowest BCUT2D eigenvalue weighted by molar-refractivity contribution is 0.142. The average molecular weight is 269 g/mol. The van der Waals surface area contributed by atoms with Crippen LogP contribution in [0, 0.1) is 0 Å². The maximum atomic E-state index is 10.8. The highest BCUT2D eigenvalue weighted by atomic mass is 32.1. The molecule has 1 fully saturated rings. The van der Waals surface area contributed by atoms with Gasteiger partial charge >= 0.3 is 6.09 Å². The van der Waals surface area contributed by atoms with Crippen LogP contribution in [-0.4, -0.2) is 47.3 Å². The van der Waals surface area contributed by atoms with Crippen molar-refractivity contribution >= 4 is 22.6 Å². The summed E-state index contributed by atoms with van der Waals surface area (Å²) in [7, 11) is 0. The number of aromatic nitrogens is 1. The Morgan fingerprint density at radius 1 is 1.33 bits per heavy atom. The SMILES string of the molecule is CC(C)(C)c1csc(N2CCN(C(=O)O)CC2)n1. The van der Waals surface area contributed by atoms with Gasteiger partial charge in [-0.1, -0.05) is 20.8 Å². The molecule has 1 N–H and O–H groups in total. The molecule has 0 atom stereocenters. The Balaban J connectivity index is 2.02. The van der Waals surface area contributed by atoms with Gasteiger partial charge in [-0.3, -0.25) is 0 Å². The minimum Gasteiger partial charge on any atom is -0.465 e.